The molecule has 3 rings (SSSR count). The van der Waals surface area contributed by atoms with Crippen molar-refractivity contribution in [3.8, 4) is 17.4 Å². The van der Waals surface area contributed by atoms with Crippen LogP contribution in [0.1, 0.15) is 18.9 Å². The van der Waals surface area contributed by atoms with Crippen LogP contribution in [-0.4, -0.2) is 17.6 Å². The van der Waals surface area contributed by atoms with Crippen LogP contribution in [0.4, 0.5) is 14.9 Å². The molecule has 0 aliphatic carbocycles. The fourth-order valence-electron chi connectivity index (χ4n) is 2.54. The van der Waals surface area contributed by atoms with Gasteiger partial charge in [0.1, 0.15) is 5.82 Å². The van der Waals surface area contributed by atoms with Gasteiger partial charge in [-0.25, -0.2) is 14.2 Å². The van der Waals surface area contributed by atoms with E-state index in [0.717, 1.165) is 6.42 Å². The van der Waals surface area contributed by atoms with Crippen molar-refractivity contribution >= 4 is 11.7 Å². The van der Waals surface area contributed by atoms with E-state index < -0.39 is 11.8 Å². The highest BCUT2D eigenvalue weighted by Crippen LogP contribution is 2.31. The number of nitrogens with one attached hydrogen (secondary N) is 2. The maximum absolute atomic E-state index is 13.2. The number of hydrogen-bond donors (Lipinski definition) is 2. The predicted octanol–water partition coefficient (Wildman–Crippen LogP) is 5.12. The molecule has 0 atom stereocenters. The summed E-state index contributed by atoms with van der Waals surface area (Å²) in [5.74, 6) is 1.12. The Morgan fingerprint density at radius 3 is 2.69 bits per heavy atom. The highest BCUT2D eigenvalue weighted by Gasteiger charge is 2.11. The van der Waals surface area contributed by atoms with E-state index in [-0.39, 0.29) is 6.54 Å². The van der Waals surface area contributed by atoms with Gasteiger partial charge in [-0.1, -0.05) is 31.2 Å². The number of amides is 2. The summed E-state index contributed by atoms with van der Waals surface area (Å²) < 4.78 is 24.9. The third-order valence-electron chi connectivity index (χ3n) is 3.89. The first-order valence-electron chi connectivity index (χ1n) is 9.29. The Morgan fingerprint density at radius 2 is 1.90 bits per heavy atom. The molecule has 0 aliphatic heterocycles. The number of halogens is 1. The largest absolute Gasteiger partial charge is 0.490 e. The number of carbonyl (C=O) groups is 1. The van der Waals surface area contributed by atoms with Gasteiger partial charge in [0.05, 0.1) is 6.61 Å². The van der Waals surface area contributed by atoms with Crippen molar-refractivity contribution in [2.24, 2.45) is 0 Å². The first kappa shape index (κ1) is 20.1. The van der Waals surface area contributed by atoms with Crippen LogP contribution in [0.15, 0.2) is 66.9 Å². The highest BCUT2D eigenvalue weighted by atomic mass is 19.1. The summed E-state index contributed by atoms with van der Waals surface area (Å²) in [6.07, 6.45) is 2.49. The van der Waals surface area contributed by atoms with E-state index in [0.29, 0.717) is 35.2 Å². The third kappa shape index (κ3) is 5.93. The maximum atomic E-state index is 13.2. The molecule has 2 amide bonds. The molecule has 1 aromatic heterocycles. The smallest absolute Gasteiger partial charge is 0.319 e. The van der Waals surface area contributed by atoms with Gasteiger partial charge in [-0.2, -0.15) is 0 Å². The van der Waals surface area contributed by atoms with Gasteiger partial charge in [-0.05, 0) is 42.8 Å². The van der Waals surface area contributed by atoms with Crippen LogP contribution >= 0.6 is 0 Å². The van der Waals surface area contributed by atoms with Crippen molar-refractivity contribution in [3.05, 3.63) is 78.2 Å². The molecule has 0 fully saturated rings. The molecule has 0 radical (unpaired) electrons. The van der Waals surface area contributed by atoms with Gasteiger partial charge >= 0.3 is 6.03 Å². The minimum Gasteiger partial charge on any atom is -0.490 e. The number of para-hydroxylation sites is 2. The summed E-state index contributed by atoms with van der Waals surface area (Å²) >= 11 is 0. The number of nitrogens with zero attached hydrogens (tertiary/aromatic N) is 1. The number of carbonyl (C=O) groups excluding carboxylic acids is 1. The number of urea groups is 1. The molecule has 3 aromatic rings. The second-order valence-corrected chi connectivity index (χ2v) is 6.18. The van der Waals surface area contributed by atoms with E-state index in [9.17, 15) is 9.18 Å². The fourth-order valence-corrected chi connectivity index (χ4v) is 2.54. The van der Waals surface area contributed by atoms with Crippen LogP contribution < -0.4 is 20.1 Å². The average molecular weight is 395 g/mol. The van der Waals surface area contributed by atoms with Gasteiger partial charge < -0.3 is 20.1 Å². The van der Waals surface area contributed by atoms with E-state index in [1.807, 2.05) is 25.1 Å². The molecular weight excluding hydrogens is 373 g/mol. The fraction of sp³-hybridized carbons (Fsp3) is 0.182. The standard InChI is InChI=1S/C22H22FN3O3/c1-2-13-28-19-10-3-4-11-20(19)29-21-16(7-6-12-24-21)15-25-22(27)26-18-9-5-8-17(23)14-18/h3-12,14H,2,13,15H2,1H3,(H2,25,26,27). The number of benzene rings is 2. The zero-order valence-corrected chi connectivity index (χ0v) is 16.0. The lowest BCUT2D eigenvalue weighted by molar-refractivity contribution is 0.251. The first-order chi connectivity index (χ1) is 14.2. The predicted molar refractivity (Wildman–Crippen MR) is 109 cm³/mol. The molecule has 1 heterocycles. The molecule has 6 nitrogen and oxygen atoms in total. The SMILES string of the molecule is CCCOc1ccccc1Oc1ncccc1CNC(=O)Nc1cccc(F)c1. The van der Waals surface area contributed by atoms with E-state index >= 15 is 0 Å². The van der Waals surface area contributed by atoms with Crippen molar-refractivity contribution in [1.29, 1.82) is 0 Å². The minimum absolute atomic E-state index is 0.183. The van der Waals surface area contributed by atoms with Crippen molar-refractivity contribution in [2.75, 3.05) is 11.9 Å². The normalized spacial score (nSPS) is 10.3. The molecule has 0 spiro atoms. The number of pyridine rings is 1. The molecule has 150 valence electrons. The van der Waals surface area contributed by atoms with Crippen molar-refractivity contribution < 1.29 is 18.7 Å². The van der Waals surface area contributed by atoms with Crippen LogP contribution in [0.25, 0.3) is 0 Å². The lowest BCUT2D eigenvalue weighted by Gasteiger charge is -2.14. The van der Waals surface area contributed by atoms with Gasteiger partial charge in [-0.3, -0.25) is 0 Å². The topological polar surface area (TPSA) is 72.5 Å². The zero-order valence-electron chi connectivity index (χ0n) is 16.0. The van der Waals surface area contributed by atoms with E-state index in [2.05, 4.69) is 15.6 Å². The second-order valence-electron chi connectivity index (χ2n) is 6.18. The van der Waals surface area contributed by atoms with Crippen molar-refractivity contribution in [1.82, 2.24) is 10.3 Å². The summed E-state index contributed by atoms with van der Waals surface area (Å²) in [5.41, 5.74) is 1.05. The molecule has 2 N–H and O–H groups in total. The summed E-state index contributed by atoms with van der Waals surface area (Å²) in [4.78, 5) is 16.4. The second kappa shape index (κ2) is 10.1. The average Bonchev–Trinajstić information content (AvgIpc) is 2.72. The van der Waals surface area contributed by atoms with Crippen molar-refractivity contribution in [3.63, 3.8) is 0 Å². The zero-order chi connectivity index (χ0) is 20.5. The highest BCUT2D eigenvalue weighted by molar-refractivity contribution is 5.89. The summed E-state index contributed by atoms with van der Waals surface area (Å²) in [6.45, 7) is 2.79. The van der Waals surface area contributed by atoms with Crippen LogP contribution in [0.2, 0.25) is 0 Å². The Labute approximate surface area is 168 Å². The van der Waals surface area contributed by atoms with E-state index in [1.54, 1.807) is 30.5 Å². The van der Waals surface area contributed by atoms with Crippen LogP contribution in [0.3, 0.4) is 0 Å². The minimum atomic E-state index is -0.461. The Kier molecular flexibility index (Phi) is 7.00. The molecule has 0 saturated carbocycles. The summed E-state index contributed by atoms with van der Waals surface area (Å²) in [5, 5.41) is 5.30. The van der Waals surface area contributed by atoms with E-state index in [1.165, 1.54) is 18.2 Å². The first-order valence-corrected chi connectivity index (χ1v) is 9.29. The maximum Gasteiger partial charge on any atom is 0.319 e. The Balaban J connectivity index is 1.66. The lowest BCUT2D eigenvalue weighted by Crippen LogP contribution is -2.28. The Morgan fingerprint density at radius 1 is 1.07 bits per heavy atom. The number of aromatic nitrogens is 1. The summed E-state index contributed by atoms with van der Waals surface area (Å²) in [7, 11) is 0. The Hall–Kier alpha value is -3.61. The van der Waals surface area contributed by atoms with Gasteiger partial charge in [-0.15, -0.1) is 0 Å². The molecule has 0 bridgehead atoms. The molecular formula is C22H22FN3O3. The number of ether oxygens (including phenoxy) is 2. The summed E-state index contributed by atoms with van der Waals surface area (Å²) in [6, 6.07) is 16.1. The molecule has 7 heteroatoms. The molecule has 0 saturated heterocycles. The number of hydrogen-bond acceptors (Lipinski definition) is 4. The van der Waals surface area contributed by atoms with Crippen LogP contribution in [0.5, 0.6) is 17.4 Å². The Bertz CT molecular complexity index is 965. The molecule has 2 aromatic carbocycles. The van der Waals surface area contributed by atoms with Crippen LogP contribution in [0, 0.1) is 5.82 Å². The quantitative estimate of drug-likeness (QED) is 0.555. The van der Waals surface area contributed by atoms with Gasteiger partial charge in [0, 0.05) is 24.0 Å². The number of anilines is 1. The number of rotatable bonds is 8. The van der Waals surface area contributed by atoms with Gasteiger partial charge in [0.25, 0.3) is 0 Å². The molecule has 0 unspecified atom stereocenters. The van der Waals surface area contributed by atoms with E-state index in [4.69, 9.17) is 9.47 Å². The lowest BCUT2D eigenvalue weighted by atomic mass is 10.2. The molecule has 29 heavy (non-hydrogen) atoms. The van der Waals surface area contributed by atoms with Gasteiger partial charge in [0.15, 0.2) is 11.5 Å². The monoisotopic (exact) mass is 395 g/mol. The van der Waals surface area contributed by atoms with Crippen molar-refractivity contribution in [2.45, 2.75) is 19.9 Å². The van der Waals surface area contributed by atoms with Gasteiger partial charge in [0.2, 0.25) is 5.88 Å². The van der Waals surface area contributed by atoms with Crippen LogP contribution in [-0.2, 0) is 6.54 Å². The molecule has 0 aliphatic rings. The third-order valence-corrected chi connectivity index (χ3v) is 3.89.